The van der Waals surface area contributed by atoms with E-state index in [1.807, 2.05) is 4.90 Å². The van der Waals surface area contributed by atoms with Crippen molar-refractivity contribution in [3.05, 3.63) is 17.3 Å². The number of halogens is 3. The highest BCUT2D eigenvalue weighted by molar-refractivity contribution is 5.84. The van der Waals surface area contributed by atoms with Gasteiger partial charge in [0.15, 0.2) is 5.65 Å². The van der Waals surface area contributed by atoms with E-state index in [-0.39, 0.29) is 11.0 Å². The van der Waals surface area contributed by atoms with Gasteiger partial charge in [-0.15, -0.1) is 0 Å². The van der Waals surface area contributed by atoms with Gasteiger partial charge in [0.25, 0.3) is 0 Å². The molecule has 0 aromatic carbocycles. The lowest BCUT2D eigenvalue weighted by atomic mass is 10.1. The van der Waals surface area contributed by atoms with E-state index in [2.05, 4.69) is 15.4 Å². The zero-order chi connectivity index (χ0) is 15.9. The lowest BCUT2D eigenvalue weighted by Crippen LogP contribution is -2.29. The van der Waals surface area contributed by atoms with E-state index in [4.69, 9.17) is 0 Å². The van der Waals surface area contributed by atoms with Crippen LogP contribution in [0, 0.1) is 6.92 Å². The van der Waals surface area contributed by atoms with Gasteiger partial charge in [-0.2, -0.15) is 18.3 Å². The third-order valence-corrected chi connectivity index (χ3v) is 3.92. The molecule has 0 atom stereocenters. The predicted octanol–water partition coefficient (Wildman–Crippen LogP) is 2.10. The molecule has 8 heteroatoms. The molecule has 3 heterocycles. The van der Waals surface area contributed by atoms with Crippen molar-refractivity contribution < 1.29 is 13.2 Å². The first kappa shape index (κ1) is 15.1. The van der Waals surface area contributed by atoms with Crippen molar-refractivity contribution in [3.8, 4) is 0 Å². The Hall–Kier alpha value is -1.83. The summed E-state index contributed by atoms with van der Waals surface area (Å²) in [4.78, 5) is 6.33. The minimum Gasteiger partial charge on any atom is -0.355 e. The number of pyridine rings is 1. The summed E-state index contributed by atoms with van der Waals surface area (Å²) in [5.74, 6) is 0.367. The van der Waals surface area contributed by atoms with Crippen molar-refractivity contribution >= 4 is 16.9 Å². The molecule has 0 bridgehead atoms. The van der Waals surface area contributed by atoms with Gasteiger partial charge in [0, 0.05) is 26.7 Å². The highest BCUT2D eigenvalue weighted by Gasteiger charge is 2.36. The molecule has 0 spiro atoms. The van der Waals surface area contributed by atoms with Crippen LogP contribution in [0.25, 0.3) is 11.0 Å². The van der Waals surface area contributed by atoms with E-state index in [1.165, 1.54) is 4.68 Å². The molecule has 0 saturated carbocycles. The molecule has 1 N–H and O–H groups in total. The lowest BCUT2D eigenvalue weighted by Gasteiger charge is -2.22. The molecule has 1 saturated heterocycles. The summed E-state index contributed by atoms with van der Waals surface area (Å²) in [6, 6.07) is 1.16. The maximum absolute atomic E-state index is 13.4. The van der Waals surface area contributed by atoms with E-state index in [0.29, 0.717) is 24.6 Å². The van der Waals surface area contributed by atoms with Crippen LogP contribution in [0.5, 0.6) is 0 Å². The summed E-state index contributed by atoms with van der Waals surface area (Å²) in [6.07, 6.45) is -3.54. The number of aryl methyl sites for hydroxylation is 2. The predicted molar refractivity (Wildman–Crippen MR) is 77.9 cm³/mol. The van der Waals surface area contributed by atoms with Crippen molar-refractivity contribution in [3.63, 3.8) is 0 Å². The normalized spacial score (nSPS) is 17.0. The highest BCUT2D eigenvalue weighted by atomic mass is 19.4. The molecule has 1 aliphatic heterocycles. The number of anilines is 1. The van der Waals surface area contributed by atoms with Crippen LogP contribution >= 0.6 is 0 Å². The van der Waals surface area contributed by atoms with Gasteiger partial charge in [0.1, 0.15) is 5.82 Å². The first-order valence-corrected chi connectivity index (χ1v) is 7.25. The molecular formula is C14H18F3N5. The number of nitrogens with zero attached hydrogens (tertiary/aromatic N) is 4. The van der Waals surface area contributed by atoms with Gasteiger partial charge in [0.05, 0.1) is 16.6 Å². The van der Waals surface area contributed by atoms with Gasteiger partial charge < -0.3 is 10.2 Å². The van der Waals surface area contributed by atoms with Gasteiger partial charge in [-0.05, 0) is 26.0 Å². The summed E-state index contributed by atoms with van der Waals surface area (Å²) < 4.78 is 41.7. The number of fused-ring (bicyclic) bond motifs is 1. The molecule has 0 aliphatic carbocycles. The smallest absolute Gasteiger partial charge is 0.355 e. The second kappa shape index (κ2) is 5.42. The van der Waals surface area contributed by atoms with Crippen LogP contribution in [0.15, 0.2) is 6.07 Å². The summed E-state index contributed by atoms with van der Waals surface area (Å²) >= 11 is 0. The van der Waals surface area contributed by atoms with E-state index < -0.39 is 11.7 Å². The van der Waals surface area contributed by atoms with Gasteiger partial charge in [0.2, 0.25) is 0 Å². The van der Waals surface area contributed by atoms with Gasteiger partial charge in [-0.25, -0.2) is 4.98 Å². The largest absolute Gasteiger partial charge is 0.417 e. The zero-order valence-corrected chi connectivity index (χ0v) is 12.5. The Bertz CT molecular complexity index is 684. The molecule has 1 aliphatic rings. The second-order valence-electron chi connectivity index (χ2n) is 5.52. The molecule has 0 amide bonds. The van der Waals surface area contributed by atoms with Gasteiger partial charge in [-0.3, -0.25) is 4.68 Å². The second-order valence-corrected chi connectivity index (χ2v) is 5.52. The number of rotatable bonds is 1. The van der Waals surface area contributed by atoms with Crippen molar-refractivity contribution in [2.75, 3.05) is 31.1 Å². The van der Waals surface area contributed by atoms with Crippen LogP contribution in [0.2, 0.25) is 0 Å². The van der Waals surface area contributed by atoms with Crippen molar-refractivity contribution in [1.29, 1.82) is 0 Å². The number of aromatic nitrogens is 3. The SMILES string of the molecule is Cc1nn(C)c2nc(N3CCCNCC3)cc(C(F)(F)F)c12. The fourth-order valence-electron chi connectivity index (χ4n) is 2.89. The van der Waals surface area contributed by atoms with Crippen LogP contribution in [0.4, 0.5) is 19.0 Å². The Kier molecular flexibility index (Phi) is 3.72. The highest BCUT2D eigenvalue weighted by Crippen LogP contribution is 2.37. The average Bonchev–Trinajstić information content (AvgIpc) is 2.67. The Morgan fingerprint density at radius 2 is 2.00 bits per heavy atom. The van der Waals surface area contributed by atoms with E-state index >= 15 is 0 Å². The Morgan fingerprint density at radius 1 is 1.23 bits per heavy atom. The van der Waals surface area contributed by atoms with Gasteiger partial charge in [-0.1, -0.05) is 0 Å². The Balaban J connectivity index is 2.18. The fourth-order valence-corrected chi connectivity index (χ4v) is 2.89. The molecule has 22 heavy (non-hydrogen) atoms. The van der Waals surface area contributed by atoms with Crippen molar-refractivity contribution in [2.24, 2.45) is 7.05 Å². The van der Waals surface area contributed by atoms with Crippen molar-refractivity contribution in [2.45, 2.75) is 19.5 Å². The molecule has 2 aromatic heterocycles. The molecule has 120 valence electrons. The molecule has 3 rings (SSSR count). The number of hydrogen-bond acceptors (Lipinski definition) is 4. The topological polar surface area (TPSA) is 46.0 Å². The van der Waals surface area contributed by atoms with Crippen molar-refractivity contribution in [1.82, 2.24) is 20.1 Å². The quantitative estimate of drug-likeness (QED) is 0.876. The van der Waals surface area contributed by atoms with Crippen LogP contribution in [-0.4, -0.2) is 40.9 Å². The Morgan fingerprint density at radius 3 is 2.73 bits per heavy atom. The van der Waals surface area contributed by atoms with E-state index in [0.717, 1.165) is 25.6 Å². The van der Waals surface area contributed by atoms with Gasteiger partial charge >= 0.3 is 6.18 Å². The molecule has 2 aromatic rings. The summed E-state index contributed by atoms with van der Waals surface area (Å²) in [5, 5.41) is 7.42. The third kappa shape index (κ3) is 2.63. The number of alkyl halides is 3. The van der Waals surface area contributed by atoms with E-state index in [1.54, 1.807) is 14.0 Å². The summed E-state index contributed by atoms with van der Waals surface area (Å²) in [7, 11) is 1.62. The van der Waals surface area contributed by atoms with Crippen LogP contribution < -0.4 is 10.2 Å². The summed E-state index contributed by atoms with van der Waals surface area (Å²) in [6.45, 7) is 4.53. The minimum absolute atomic E-state index is 0.0895. The third-order valence-electron chi connectivity index (χ3n) is 3.92. The maximum atomic E-state index is 13.4. The first-order valence-electron chi connectivity index (χ1n) is 7.25. The number of hydrogen-bond donors (Lipinski definition) is 1. The van der Waals surface area contributed by atoms with E-state index in [9.17, 15) is 13.2 Å². The van der Waals surface area contributed by atoms with Crippen LogP contribution in [0.1, 0.15) is 17.7 Å². The van der Waals surface area contributed by atoms with Crippen LogP contribution in [-0.2, 0) is 13.2 Å². The first-order chi connectivity index (χ1) is 10.4. The molecule has 0 unspecified atom stereocenters. The zero-order valence-electron chi connectivity index (χ0n) is 12.5. The molecular weight excluding hydrogens is 295 g/mol. The Labute approximate surface area is 126 Å². The standard InChI is InChI=1S/C14H18F3N5/c1-9-12-10(14(15,16)17)8-11(19-13(12)21(2)20-9)22-6-3-4-18-5-7-22/h8,18H,3-7H2,1-2H3. The maximum Gasteiger partial charge on any atom is 0.417 e. The lowest BCUT2D eigenvalue weighted by molar-refractivity contribution is -0.136. The average molecular weight is 313 g/mol. The minimum atomic E-state index is -4.42. The number of nitrogens with one attached hydrogen (secondary N) is 1. The molecule has 1 fully saturated rings. The fraction of sp³-hybridized carbons (Fsp3) is 0.571. The monoisotopic (exact) mass is 313 g/mol. The molecule has 5 nitrogen and oxygen atoms in total. The van der Waals surface area contributed by atoms with Crippen LogP contribution in [0.3, 0.4) is 0 Å². The summed E-state index contributed by atoms with van der Waals surface area (Å²) in [5.41, 5.74) is -0.0313. The molecule has 0 radical (unpaired) electrons.